The average Bonchev–Trinajstić information content (AvgIpc) is 3.02. The highest BCUT2D eigenvalue weighted by Crippen LogP contribution is 2.32. The Morgan fingerprint density at radius 3 is 2.57 bits per heavy atom. The Hall–Kier alpha value is -2.27. The number of aryl methyl sites for hydroxylation is 1. The molecule has 1 aliphatic heterocycles. The minimum Gasteiger partial charge on any atom is -0.454 e. The maximum absolute atomic E-state index is 5.46. The minimum absolute atomic E-state index is 0.296. The lowest BCUT2D eigenvalue weighted by molar-refractivity contribution is 0.174. The second-order valence-corrected chi connectivity index (χ2v) is 6.07. The van der Waals surface area contributed by atoms with Crippen molar-refractivity contribution >= 4 is 17.3 Å². The molecule has 0 amide bonds. The van der Waals surface area contributed by atoms with Crippen molar-refractivity contribution in [2.45, 2.75) is 20.0 Å². The van der Waals surface area contributed by atoms with Crippen molar-refractivity contribution in [2.75, 3.05) is 13.8 Å². The zero-order chi connectivity index (χ0) is 16.2. The van der Waals surface area contributed by atoms with Gasteiger partial charge in [-0.15, -0.1) is 0 Å². The van der Waals surface area contributed by atoms with Gasteiger partial charge in [-0.2, -0.15) is 0 Å². The Bertz CT molecular complexity index is 701. The van der Waals surface area contributed by atoms with Gasteiger partial charge in [0.2, 0.25) is 6.79 Å². The smallest absolute Gasteiger partial charge is 0.231 e. The fourth-order valence-electron chi connectivity index (χ4n) is 2.40. The normalized spacial score (nSPS) is 12.1. The number of benzene rings is 2. The molecule has 5 heteroatoms. The van der Waals surface area contributed by atoms with Crippen LogP contribution in [-0.2, 0) is 13.1 Å². The Labute approximate surface area is 142 Å². The number of ether oxygens (including phenoxy) is 2. The first kappa shape index (κ1) is 15.6. The molecule has 0 radical (unpaired) electrons. The predicted molar refractivity (Wildman–Crippen MR) is 94.6 cm³/mol. The number of rotatable bonds is 4. The van der Waals surface area contributed by atoms with Crippen LogP contribution in [0.25, 0.3) is 0 Å². The van der Waals surface area contributed by atoms with Crippen LogP contribution >= 0.6 is 12.2 Å². The van der Waals surface area contributed by atoms with Gasteiger partial charge in [0.25, 0.3) is 0 Å². The molecule has 0 saturated carbocycles. The first-order valence-electron chi connectivity index (χ1n) is 7.55. The van der Waals surface area contributed by atoms with Crippen LogP contribution in [0, 0.1) is 6.92 Å². The van der Waals surface area contributed by atoms with E-state index in [0.717, 1.165) is 28.7 Å². The van der Waals surface area contributed by atoms with Gasteiger partial charge in [0.15, 0.2) is 16.6 Å². The third kappa shape index (κ3) is 3.93. The van der Waals surface area contributed by atoms with Gasteiger partial charge in [-0.25, -0.2) is 0 Å². The summed E-state index contributed by atoms with van der Waals surface area (Å²) < 4.78 is 10.7. The van der Waals surface area contributed by atoms with Crippen LogP contribution in [0.2, 0.25) is 0 Å². The molecule has 1 N–H and O–H groups in total. The summed E-state index contributed by atoms with van der Waals surface area (Å²) in [4.78, 5) is 2.03. The largest absolute Gasteiger partial charge is 0.454 e. The third-order valence-electron chi connectivity index (χ3n) is 3.77. The summed E-state index contributed by atoms with van der Waals surface area (Å²) in [5.74, 6) is 1.59. The van der Waals surface area contributed by atoms with Gasteiger partial charge in [0.1, 0.15) is 0 Å². The van der Waals surface area contributed by atoms with Gasteiger partial charge < -0.3 is 19.7 Å². The molecule has 0 aromatic heterocycles. The van der Waals surface area contributed by atoms with Gasteiger partial charge in [0.05, 0.1) is 0 Å². The van der Waals surface area contributed by atoms with Crippen molar-refractivity contribution in [3.8, 4) is 11.5 Å². The fraction of sp³-hybridized carbons (Fsp3) is 0.278. The molecule has 23 heavy (non-hydrogen) atoms. The van der Waals surface area contributed by atoms with Crippen molar-refractivity contribution < 1.29 is 9.47 Å². The van der Waals surface area contributed by atoms with E-state index in [9.17, 15) is 0 Å². The average molecular weight is 328 g/mol. The molecule has 1 aliphatic rings. The molecular formula is C18H20N2O2S. The summed E-state index contributed by atoms with van der Waals surface area (Å²) >= 11 is 5.46. The highest BCUT2D eigenvalue weighted by molar-refractivity contribution is 7.80. The zero-order valence-electron chi connectivity index (χ0n) is 13.3. The second kappa shape index (κ2) is 6.87. The lowest BCUT2D eigenvalue weighted by atomic mass is 10.1. The van der Waals surface area contributed by atoms with Crippen LogP contribution in [0.15, 0.2) is 42.5 Å². The van der Waals surface area contributed by atoms with Gasteiger partial charge in [-0.1, -0.05) is 35.9 Å². The number of hydrogen-bond acceptors (Lipinski definition) is 3. The summed E-state index contributed by atoms with van der Waals surface area (Å²) in [5, 5.41) is 4.01. The Kier molecular flexibility index (Phi) is 4.67. The van der Waals surface area contributed by atoms with Crippen molar-refractivity contribution in [1.29, 1.82) is 0 Å². The van der Waals surface area contributed by atoms with E-state index in [1.54, 1.807) is 0 Å². The number of thiocarbonyl (C=S) groups is 1. The SMILES string of the molecule is Cc1ccc(CN(C)C(=S)NCc2ccc3c(c2)OCO3)cc1. The molecule has 3 rings (SSSR count). The maximum atomic E-state index is 5.46. The first-order chi connectivity index (χ1) is 11.1. The molecule has 0 saturated heterocycles. The van der Waals surface area contributed by atoms with Crippen molar-refractivity contribution in [3.05, 3.63) is 59.2 Å². The zero-order valence-corrected chi connectivity index (χ0v) is 14.2. The van der Waals surface area contributed by atoms with Crippen LogP contribution < -0.4 is 14.8 Å². The van der Waals surface area contributed by atoms with Crippen LogP contribution in [0.1, 0.15) is 16.7 Å². The van der Waals surface area contributed by atoms with E-state index in [-0.39, 0.29) is 0 Å². The number of hydrogen-bond donors (Lipinski definition) is 1. The Morgan fingerprint density at radius 2 is 1.78 bits per heavy atom. The minimum atomic E-state index is 0.296. The molecule has 4 nitrogen and oxygen atoms in total. The number of nitrogens with zero attached hydrogens (tertiary/aromatic N) is 1. The van der Waals surface area contributed by atoms with Gasteiger partial charge >= 0.3 is 0 Å². The second-order valence-electron chi connectivity index (χ2n) is 5.69. The molecule has 0 unspecified atom stereocenters. The lowest BCUT2D eigenvalue weighted by Crippen LogP contribution is -2.36. The summed E-state index contributed by atoms with van der Waals surface area (Å²) in [7, 11) is 1.99. The van der Waals surface area contributed by atoms with Crippen molar-refractivity contribution in [3.63, 3.8) is 0 Å². The van der Waals surface area contributed by atoms with Crippen LogP contribution in [-0.4, -0.2) is 23.9 Å². The summed E-state index contributed by atoms with van der Waals surface area (Å²) in [6.45, 7) is 3.83. The molecule has 0 bridgehead atoms. The monoisotopic (exact) mass is 328 g/mol. The topological polar surface area (TPSA) is 33.7 Å². The van der Waals surface area contributed by atoms with Gasteiger partial charge in [-0.3, -0.25) is 0 Å². The Morgan fingerprint density at radius 1 is 1.09 bits per heavy atom. The number of fused-ring (bicyclic) bond motifs is 1. The standard InChI is InChI=1S/C18H20N2O2S/c1-13-3-5-14(6-4-13)11-20(2)18(23)19-10-15-7-8-16-17(9-15)22-12-21-16/h3-9H,10-12H2,1-2H3,(H,19,23). The van der Waals surface area contributed by atoms with E-state index in [2.05, 4.69) is 36.5 Å². The van der Waals surface area contributed by atoms with Crippen LogP contribution in [0.3, 0.4) is 0 Å². The predicted octanol–water partition coefficient (Wildman–Crippen LogP) is 3.23. The van der Waals surface area contributed by atoms with Crippen molar-refractivity contribution in [2.24, 2.45) is 0 Å². The molecular weight excluding hydrogens is 308 g/mol. The van der Waals surface area contributed by atoms with Crippen molar-refractivity contribution in [1.82, 2.24) is 10.2 Å². The molecule has 0 spiro atoms. The molecule has 0 fully saturated rings. The maximum Gasteiger partial charge on any atom is 0.231 e. The highest BCUT2D eigenvalue weighted by atomic mass is 32.1. The van der Waals surface area contributed by atoms with E-state index in [0.29, 0.717) is 13.3 Å². The van der Waals surface area contributed by atoms with Crippen LogP contribution in [0.4, 0.5) is 0 Å². The quantitative estimate of drug-likeness (QED) is 0.872. The van der Waals surface area contributed by atoms with E-state index in [1.165, 1.54) is 11.1 Å². The third-order valence-corrected chi connectivity index (χ3v) is 4.22. The summed E-state index contributed by atoms with van der Waals surface area (Å²) in [5.41, 5.74) is 3.62. The van der Waals surface area contributed by atoms with E-state index in [4.69, 9.17) is 21.7 Å². The molecule has 1 heterocycles. The number of nitrogens with one attached hydrogen (secondary N) is 1. The van der Waals surface area contributed by atoms with Crippen LogP contribution in [0.5, 0.6) is 11.5 Å². The van der Waals surface area contributed by atoms with E-state index in [1.807, 2.05) is 30.1 Å². The Balaban J connectivity index is 1.53. The van der Waals surface area contributed by atoms with E-state index < -0.39 is 0 Å². The molecule has 0 atom stereocenters. The van der Waals surface area contributed by atoms with Gasteiger partial charge in [0, 0.05) is 20.1 Å². The highest BCUT2D eigenvalue weighted by Gasteiger charge is 2.13. The van der Waals surface area contributed by atoms with E-state index >= 15 is 0 Å². The van der Waals surface area contributed by atoms with Gasteiger partial charge in [-0.05, 0) is 42.4 Å². The summed E-state index contributed by atoms with van der Waals surface area (Å²) in [6.07, 6.45) is 0. The molecule has 0 aliphatic carbocycles. The summed E-state index contributed by atoms with van der Waals surface area (Å²) in [6, 6.07) is 14.4. The lowest BCUT2D eigenvalue weighted by Gasteiger charge is -2.21. The molecule has 120 valence electrons. The molecule has 2 aromatic carbocycles. The fourth-order valence-corrected chi connectivity index (χ4v) is 2.54. The molecule has 2 aromatic rings. The first-order valence-corrected chi connectivity index (χ1v) is 7.96.